The minimum atomic E-state index is -0.360. The molecule has 0 spiro atoms. The molecular weight excluding hydrogens is 649 g/mol. The monoisotopic (exact) mass is 731 g/mol. The molecule has 3 heterocycles. The molecule has 0 aromatic carbocycles. The summed E-state index contributed by atoms with van der Waals surface area (Å²) in [6, 6.07) is 4.29. The van der Waals surface area contributed by atoms with Crippen LogP contribution < -0.4 is 0 Å². The third-order valence-corrected chi connectivity index (χ3v) is 11.3. The standard InChI is InChI=1S/C49H82N2O2/c1-3-5-7-9-11-13-15-17-19-21-23-25-27-29-31-33-39-49(40-34-32-30-28-26-24-22-20-18-16-14-12-10-8-6-4-2)52-47-38-44-51(45-48(47)53-49)43-37-46-35-41-50-42-36-46/h11-14,17-20,35-36,41-42,47-48H,3-10,15-16,21-34,37-40,43-45H2,1-2H3. The van der Waals surface area contributed by atoms with Crippen LogP contribution in [0.1, 0.15) is 193 Å². The molecule has 3 rings (SSSR count). The smallest absolute Gasteiger partial charge is 0.169 e. The number of likely N-dealkylation sites (tertiary alicyclic amines) is 1. The summed E-state index contributed by atoms with van der Waals surface area (Å²) < 4.78 is 13.9. The van der Waals surface area contributed by atoms with Crippen LogP contribution in [0.4, 0.5) is 0 Å². The van der Waals surface area contributed by atoms with Gasteiger partial charge in [-0.05, 0) is 108 Å². The number of aromatic nitrogens is 1. The second-order valence-electron chi connectivity index (χ2n) is 16.1. The second kappa shape index (κ2) is 31.2. The van der Waals surface area contributed by atoms with Gasteiger partial charge >= 0.3 is 0 Å². The summed E-state index contributed by atoms with van der Waals surface area (Å²) in [5, 5.41) is 0. The Morgan fingerprint density at radius 2 is 1.04 bits per heavy atom. The first-order chi connectivity index (χ1) is 26.2. The normalized spacial score (nSPS) is 20.9. The molecule has 300 valence electrons. The summed E-state index contributed by atoms with van der Waals surface area (Å²) >= 11 is 0. The molecule has 0 saturated carbocycles. The number of fused-ring (bicyclic) bond motifs is 1. The van der Waals surface area contributed by atoms with Crippen LogP contribution in [0.2, 0.25) is 0 Å². The molecule has 0 N–H and O–H groups in total. The Morgan fingerprint density at radius 3 is 1.55 bits per heavy atom. The number of hydrogen-bond donors (Lipinski definition) is 0. The minimum Gasteiger partial charge on any atom is -0.344 e. The van der Waals surface area contributed by atoms with Gasteiger partial charge < -0.3 is 14.4 Å². The van der Waals surface area contributed by atoms with E-state index in [-0.39, 0.29) is 18.0 Å². The Balaban J connectivity index is 1.31. The fraction of sp³-hybridized carbons (Fsp3) is 0.735. The topological polar surface area (TPSA) is 34.6 Å². The number of piperidine rings is 1. The van der Waals surface area contributed by atoms with Crippen molar-refractivity contribution in [2.24, 2.45) is 0 Å². The third kappa shape index (κ3) is 22.2. The molecule has 0 amide bonds. The van der Waals surface area contributed by atoms with Crippen molar-refractivity contribution >= 4 is 0 Å². The first-order valence-electron chi connectivity index (χ1n) is 22.8. The van der Waals surface area contributed by atoms with Gasteiger partial charge in [-0.3, -0.25) is 4.98 Å². The molecule has 2 aliphatic rings. The molecule has 0 aliphatic carbocycles. The predicted octanol–water partition coefficient (Wildman–Crippen LogP) is 14.2. The maximum atomic E-state index is 6.99. The summed E-state index contributed by atoms with van der Waals surface area (Å²) in [4.78, 5) is 6.78. The van der Waals surface area contributed by atoms with E-state index in [1.165, 1.54) is 147 Å². The van der Waals surface area contributed by atoms with Crippen LogP contribution in [0.3, 0.4) is 0 Å². The Kier molecular flexibility index (Phi) is 26.7. The highest BCUT2D eigenvalue weighted by Crippen LogP contribution is 2.40. The van der Waals surface area contributed by atoms with Gasteiger partial charge in [0.15, 0.2) is 5.79 Å². The van der Waals surface area contributed by atoms with Crippen LogP contribution in [0.5, 0.6) is 0 Å². The van der Waals surface area contributed by atoms with E-state index in [1.807, 2.05) is 12.4 Å². The van der Waals surface area contributed by atoms with E-state index in [9.17, 15) is 0 Å². The molecule has 4 heteroatoms. The van der Waals surface area contributed by atoms with Crippen molar-refractivity contribution in [3.8, 4) is 0 Å². The van der Waals surface area contributed by atoms with Crippen molar-refractivity contribution in [1.82, 2.24) is 9.88 Å². The largest absolute Gasteiger partial charge is 0.344 e. The first kappa shape index (κ1) is 45.4. The molecule has 2 unspecified atom stereocenters. The molecule has 2 fully saturated rings. The third-order valence-electron chi connectivity index (χ3n) is 11.3. The van der Waals surface area contributed by atoms with Crippen LogP contribution in [-0.2, 0) is 15.9 Å². The van der Waals surface area contributed by atoms with E-state index in [4.69, 9.17) is 9.47 Å². The Morgan fingerprint density at radius 1 is 0.585 bits per heavy atom. The van der Waals surface area contributed by atoms with Crippen molar-refractivity contribution in [2.45, 2.75) is 212 Å². The van der Waals surface area contributed by atoms with E-state index in [2.05, 4.69) is 84.5 Å². The number of ether oxygens (including phenoxy) is 2. The zero-order valence-corrected chi connectivity index (χ0v) is 34.7. The lowest BCUT2D eigenvalue weighted by molar-refractivity contribution is -0.185. The van der Waals surface area contributed by atoms with Crippen molar-refractivity contribution in [3.63, 3.8) is 0 Å². The number of pyridine rings is 1. The highest BCUT2D eigenvalue weighted by atomic mass is 16.8. The Bertz CT molecular complexity index is 1050. The Hall–Kier alpha value is -2.01. The van der Waals surface area contributed by atoms with E-state index in [0.29, 0.717) is 0 Å². The van der Waals surface area contributed by atoms with Crippen LogP contribution in [0.15, 0.2) is 73.1 Å². The fourth-order valence-electron chi connectivity index (χ4n) is 7.95. The van der Waals surface area contributed by atoms with Crippen molar-refractivity contribution < 1.29 is 9.47 Å². The van der Waals surface area contributed by atoms with Gasteiger partial charge in [0, 0.05) is 44.9 Å². The number of unbranched alkanes of at least 4 members (excludes halogenated alkanes) is 18. The zero-order valence-electron chi connectivity index (χ0n) is 34.7. The summed E-state index contributed by atoms with van der Waals surface area (Å²) in [7, 11) is 0. The van der Waals surface area contributed by atoms with Crippen LogP contribution in [0.25, 0.3) is 0 Å². The van der Waals surface area contributed by atoms with Gasteiger partial charge in [-0.2, -0.15) is 0 Å². The van der Waals surface area contributed by atoms with Gasteiger partial charge in [0.2, 0.25) is 0 Å². The van der Waals surface area contributed by atoms with Gasteiger partial charge in [-0.25, -0.2) is 0 Å². The zero-order chi connectivity index (χ0) is 37.3. The molecule has 2 saturated heterocycles. The number of nitrogens with zero attached hydrogens (tertiary/aromatic N) is 2. The lowest BCUT2D eigenvalue weighted by Gasteiger charge is -2.32. The van der Waals surface area contributed by atoms with Gasteiger partial charge in [0.1, 0.15) is 0 Å². The molecule has 2 aliphatic heterocycles. The summed E-state index contributed by atoms with van der Waals surface area (Å²) in [5.74, 6) is -0.360. The highest BCUT2D eigenvalue weighted by Gasteiger charge is 2.48. The Labute approximate surface area is 328 Å². The maximum Gasteiger partial charge on any atom is 0.169 e. The maximum absolute atomic E-state index is 6.99. The van der Waals surface area contributed by atoms with E-state index >= 15 is 0 Å². The van der Waals surface area contributed by atoms with Gasteiger partial charge in [-0.1, -0.05) is 140 Å². The number of allylic oxidation sites excluding steroid dienone is 8. The predicted molar refractivity (Wildman–Crippen MR) is 229 cm³/mol. The molecule has 4 nitrogen and oxygen atoms in total. The van der Waals surface area contributed by atoms with Crippen LogP contribution in [0, 0.1) is 0 Å². The fourth-order valence-corrected chi connectivity index (χ4v) is 7.95. The summed E-state index contributed by atoms with van der Waals surface area (Å²) in [5.41, 5.74) is 1.37. The molecule has 1 aromatic rings. The van der Waals surface area contributed by atoms with Crippen molar-refractivity contribution in [2.75, 3.05) is 19.6 Å². The molecule has 1 aromatic heterocycles. The molecule has 2 atom stereocenters. The quantitative estimate of drug-likeness (QED) is 0.0533. The average molecular weight is 731 g/mol. The second-order valence-corrected chi connectivity index (χ2v) is 16.1. The average Bonchev–Trinajstić information content (AvgIpc) is 3.55. The lowest BCUT2D eigenvalue weighted by Crippen LogP contribution is -2.45. The first-order valence-corrected chi connectivity index (χ1v) is 22.8. The van der Waals surface area contributed by atoms with E-state index in [1.54, 1.807) is 0 Å². The number of hydrogen-bond acceptors (Lipinski definition) is 4. The molecule has 53 heavy (non-hydrogen) atoms. The van der Waals surface area contributed by atoms with Gasteiger partial charge in [0.25, 0.3) is 0 Å². The van der Waals surface area contributed by atoms with Crippen molar-refractivity contribution in [1.29, 1.82) is 0 Å². The SMILES string of the molecule is CCCCCC=CCC=CCCCCCCCCC1(CCCCCCCCC=CCC=CCCCCC)OC2CCN(CCc3ccncc3)CC2O1. The van der Waals surface area contributed by atoms with Crippen LogP contribution >= 0.6 is 0 Å². The molecule has 0 radical (unpaired) electrons. The minimum absolute atomic E-state index is 0.218. The summed E-state index contributed by atoms with van der Waals surface area (Å²) in [6.45, 7) is 7.75. The highest BCUT2D eigenvalue weighted by molar-refractivity contribution is 5.10. The van der Waals surface area contributed by atoms with Crippen molar-refractivity contribution in [3.05, 3.63) is 78.7 Å². The van der Waals surface area contributed by atoms with E-state index in [0.717, 1.165) is 58.2 Å². The van der Waals surface area contributed by atoms with Gasteiger partial charge in [0.05, 0.1) is 12.2 Å². The molecular formula is C49H82N2O2. The molecule has 0 bridgehead atoms. The summed E-state index contributed by atoms with van der Waals surface area (Å²) in [6.07, 6.45) is 58.3. The number of rotatable bonds is 33. The van der Waals surface area contributed by atoms with Crippen LogP contribution in [-0.4, -0.2) is 47.5 Å². The van der Waals surface area contributed by atoms with Gasteiger partial charge in [-0.15, -0.1) is 0 Å². The lowest BCUT2D eigenvalue weighted by atomic mass is 9.98. The van der Waals surface area contributed by atoms with E-state index < -0.39 is 0 Å².